The number of aliphatic carboxylic acids is 1. The van der Waals surface area contributed by atoms with Crippen LogP contribution in [0.25, 0.3) is 0 Å². The topological polar surface area (TPSA) is 158 Å². The number of hydrogen-bond donors (Lipinski definition) is 4. The molecular weight excluding hydrogens is 477 g/mol. The summed E-state index contributed by atoms with van der Waals surface area (Å²) >= 11 is 0. The second-order valence-corrected chi connectivity index (χ2v) is 10.8. The van der Waals surface area contributed by atoms with E-state index in [1.54, 1.807) is 0 Å². The minimum absolute atomic E-state index is 0.000338. The molecule has 0 aromatic rings. The molecule has 0 heterocycles. The standard InChI is InChI=1S/C23H46N3O8P/c1-23(2,18-33-15-16-34-19-35(3)24)17-21(28)25-9-6-4-5-7-20(27)26-10-12-32-14-13-31-11-8-22(29)30/h4-19,24H2,1-3H3,(H,25,28)(H,26,27)(H,29,30). The minimum atomic E-state index is -0.893. The Kier molecular flexibility index (Phi) is 21.0. The Morgan fingerprint density at radius 3 is 2.11 bits per heavy atom. The molecule has 35 heavy (non-hydrogen) atoms. The normalized spacial score (nSPS) is 12.3. The fourth-order valence-electron chi connectivity index (χ4n) is 2.87. The molecule has 0 aromatic carbocycles. The number of carbonyl (C=O) groups excluding carboxylic acids is 2. The molecule has 0 saturated heterocycles. The molecular formula is C23H46N3O8P. The number of ether oxygens (including phenoxy) is 4. The van der Waals surface area contributed by atoms with E-state index < -0.39 is 14.0 Å². The first-order valence-corrected chi connectivity index (χ1v) is 14.2. The van der Waals surface area contributed by atoms with E-state index >= 15 is 0 Å². The summed E-state index contributed by atoms with van der Waals surface area (Å²) in [5.41, 5.74) is 5.42. The van der Waals surface area contributed by atoms with Gasteiger partial charge in [0.15, 0.2) is 0 Å². The van der Waals surface area contributed by atoms with Crippen LogP contribution in [0.15, 0.2) is 0 Å². The summed E-state index contributed by atoms with van der Waals surface area (Å²) in [7, 11) is -0.548. The number of rotatable bonds is 24. The number of carboxylic acids is 1. The van der Waals surface area contributed by atoms with E-state index in [0.29, 0.717) is 71.9 Å². The van der Waals surface area contributed by atoms with E-state index in [0.717, 1.165) is 19.3 Å². The third-order valence-corrected chi connectivity index (χ3v) is 5.19. The first-order chi connectivity index (χ1) is 16.6. The molecule has 0 saturated carbocycles. The molecule has 206 valence electrons. The fraction of sp³-hybridized carbons (Fsp3) is 0.870. The van der Waals surface area contributed by atoms with Gasteiger partial charge in [-0.25, -0.2) is 0 Å². The van der Waals surface area contributed by atoms with Crippen LogP contribution in [0.1, 0.15) is 52.4 Å². The summed E-state index contributed by atoms with van der Waals surface area (Å²) in [6.07, 6.45) is 3.79. The number of amides is 2. The van der Waals surface area contributed by atoms with E-state index in [4.69, 9.17) is 29.6 Å². The van der Waals surface area contributed by atoms with E-state index in [9.17, 15) is 14.4 Å². The number of hydrogen-bond acceptors (Lipinski definition) is 8. The van der Waals surface area contributed by atoms with Crippen molar-refractivity contribution in [3.8, 4) is 0 Å². The van der Waals surface area contributed by atoms with E-state index in [1.165, 1.54) is 0 Å². The monoisotopic (exact) mass is 523 g/mol. The number of unbranched alkanes of at least 4 members (excludes halogenated alkanes) is 2. The number of carboxylic acid groups (broad SMARTS) is 1. The van der Waals surface area contributed by atoms with Crippen LogP contribution in [0.2, 0.25) is 0 Å². The predicted octanol–water partition coefficient (Wildman–Crippen LogP) is 1.68. The number of nitrogens with one attached hydrogen (secondary N) is 2. The van der Waals surface area contributed by atoms with Gasteiger partial charge < -0.3 is 40.2 Å². The molecule has 5 N–H and O–H groups in total. The van der Waals surface area contributed by atoms with Gasteiger partial charge in [0, 0.05) is 25.9 Å². The molecule has 11 nitrogen and oxygen atoms in total. The average Bonchev–Trinajstić information content (AvgIpc) is 2.76. The van der Waals surface area contributed by atoms with Crippen LogP contribution in [0.4, 0.5) is 0 Å². The Labute approximate surface area is 210 Å². The van der Waals surface area contributed by atoms with Crippen LogP contribution in [0.5, 0.6) is 0 Å². The zero-order chi connectivity index (χ0) is 26.4. The maximum absolute atomic E-state index is 12.2. The summed E-state index contributed by atoms with van der Waals surface area (Å²) in [6.45, 7) is 9.65. The Morgan fingerprint density at radius 2 is 1.43 bits per heavy atom. The predicted molar refractivity (Wildman–Crippen MR) is 135 cm³/mol. The van der Waals surface area contributed by atoms with Gasteiger partial charge in [-0.3, -0.25) is 14.4 Å². The highest BCUT2D eigenvalue weighted by molar-refractivity contribution is 7.54. The van der Waals surface area contributed by atoms with Gasteiger partial charge in [-0.2, -0.15) is 0 Å². The summed E-state index contributed by atoms with van der Waals surface area (Å²) < 4.78 is 21.4. The van der Waals surface area contributed by atoms with Gasteiger partial charge in [0.2, 0.25) is 11.8 Å². The van der Waals surface area contributed by atoms with Crippen LogP contribution >= 0.6 is 8.07 Å². The number of carbonyl (C=O) groups is 3. The van der Waals surface area contributed by atoms with Crippen molar-refractivity contribution in [1.29, 1.82) is 0 Å². The maximum Gasteiger partial charge on any atom is 0.305 e. The molecule has 0 bridgehead atoms. The Morgan fingerprint density at radius 1 is 0.800 bits per heavy atom. The average molecular weight is 524 g/mol. The first kappa shape index (κ1) is 33.6. The molecule has 0 radical (unpaired) electrons. The van der Waals surface area contributed by atoms with Crippen LogP contribution in [-0.2, 0) is 33.3 Å². The smallest absolute Gasteiger partial charge is 0.305 e. The van der Waals surface area contributed by atoms with Gasteiger partial charge in [0.1, 0.15) is 0 Å². The molecule has 0 spiro atoms. The van der Waals surface area contributed by atoms with Crippen molar-refractivity contribution < 1.29 is 38.4 Å². The fourth-order valence-corrected chi connectivity index (χ4v) is 3.29. The van der Waals surface area contributed by atoms with Crippen molar-refractivity contribution in [1.82, 2.24) is 10.6 Å². The van der Waals surface area contributed by atoms with Crippen molar-refractivity contribution in [3.63, 3.8) is 0 Å². The summed E-state index contributed by atoms with van der Waals surface area (Å²) in [6, 6.07) is 0. The van der Waals surface area contributed by atoms with Gasteiger partial charge >= 0.3 is 5.97 Å². The van der Waals surface area contributed by atoms with Crippen LogP contribution in [-0.4, -0.2) is 95.2 Å². The van der Waals surface area contributed by atoms with Crippen LogP contribution < -0.4 is 16.1 Å². The van der Waals surface area contributed by atoms with Crippen molar-refractivity contribution in [2.75, 3.05) is 72.4 Å². The van der Waals surface area contributed by atoms with E-state index in [-0.39, 0.29) is 30.3 Å². The molecule has 0 aliphatic heterocycles. The lowest BCUT2D eigenvalue weighted by molar-refractivity contribution is -0.138. The van der Waals surface area contributed by atoms with Gasteiger partial charge in [0.05, 0.1) is 59.0 Å². The van der Waals surface area contributed by atoms with Crippen molar-refractivity contribution in [3.05, 3.63) is 0 Å². The molecule has 0 aliphatic carbocycles. The molecule has 0 aliphatic rings. The van der Waals surface area contributed by atoms with Crippen LogP contribution in [0.3, 0.4) is 0 Å². The lowest BCUT2D eigenvalue weighted by Crippen LogP contribution is -2.32. The third kappa shape index (κ3) is 25.5. The zero-order valence-corrected chi connectivity index (χ0v) is 22.5. The SMILES string of the molecule is CP(N)COCCOCC(C)(C)CC(=O)NCCCCCC(=O)NCCOCCOCCC(=O)O. The Hall–Kier alpha value is -1.36. The quantitative estimate of drug-likeness (QED) is 0.109. The van der Waals surface area contributed by atoms with Gasteiger partial charge in [0.25, 0.3) is 0 Å². The van der Waals surface area contributed by atoms with E-state index in [2.05, 4.69) is 10.6 Å². The lowest BCUT2D eigenvalue weighted by Gasteiger charge is -2.23. The summed E-state index contributed by atoms with van der Waals surface area (Å²) in [5, 5.41) is 14.2. The van der Waals surface area contributed by atoms with Gasteiger partial charge in [-0.05, 0) is 33.0 Å². The third-order valence-electron chi connectivity index (χ3n) is 4.60. The summed E-state index contributed by atoms with van der Waals surface area (Å²) in [4.78, 5) is 34.3. The Bertz CT molecular complexity index is 579. The molecule has 1 atom stereocenters. The second-order valence-electron chi connectivity index (χ2n) is 9.07. The molecule has 0 fully saturated rings. The van der Waals surface area contributed by atoms with Gasteiger partial charge in [-0.1, -0.05) is 20.3 Å². The maximum atomic E-state index is 12.2. The second kappa shape index (κ2) is 21.9. The van der Waals surface area contributed by atoms with E-state index in [1.807, 2.05) is 20.5 Å². The molecule has 0 aromatic heterocycles. The first-order valence-electron chi connectivity index (χ1n) is 12.1. The van der Waals surface area contributed by atoms with Crippen molar-refractivity contribution in [2.45, 2.75) is 52.4 Å². The van der Waals surface area contributed by atoms with Crippen LogP contribution in [0, 0.1) is 5.41 Å². The highest BCUT2D eigenvalue weighted by Crippen LogP contribution is 2.21. The minimum Gasteiger partial charge on any atom is -0.481 e. The van der Waals surface area contributed by atoms with Crippen molar-refractivity contribution in [2.24, 2.45) is 10.9 Å². The van der Waals surface area contributed by atoms with Crippen molar-refractivity contribution >= 4 is 25.9 Å². The lowest BCUT2D eigenvalue weighted by atomic mass is 9.90. The Balaban J connectivity index is 3.55. The van der Waals surface area contributed by atoms with Gasteiger partial charge in [-0.15, -0.1) is 0 Å². The number of nitrogens with two attached hydrogens (primary N) is 1. The molecule has 0 rings (SSSR count). The largest absolute Gasteiger partial charge is 0.481 e. The molecule has 1 unspecified atom stereocenters. The highest BCUT2D eigenvalue weighted by Gasteiger charge is 2.22. The summed E-state index contributed by atoms with van der Waals surface area (Å²) in [5.74, 6) is -0.920. The zero-order valence-electron chi connectivity index (χ0n) is 21.6. The molecule has 12 heteroatoms. The molecule has 2 amide bonds. The highest BCUT2D eigenvalue weighted by atomic mass is 31.1.